The molecule has 1 fully saturated rings. The Hall–Kier alpha value is -1.76. The van der Waals surface area contributed by atoms with Crippen LogP contribution in [0.25, 0.3) is 0 Å². The van der Waals surface area contributed by atoms with Gasteiger partial charge in [-0.1, -0.05) is 29.8 Å². The molecule has 0 saturated heterocycles. The number of ketones is 1. The molecule has 1 aliphatic rings. The molecular weight excluding hydrogens is 365 g/mol. The van der Waals surface area contributed by atoms with Crippen LogP contribution in [0.1, 0.15) is 35.7 Å². The van der Waals surface area contributed by atoms with E-state index in [0.29, 0.717) is 5.56 Å². The molecule has 1 saturated carbocycles. The molecule has 25 heavy (non-hydrogen) atoms. The molecule has 0 spiro atoms. The number of benzene rings is 2. The van der Waals surface area contributed by atoms with E-state index in [1.165, 1.54) is 47.6 Å². The predicted molar refractivity (Wildman–Crippen MR) is 93.6 cm³/mol. The van der Waals surface area contributed by atoms with Crippen molar-refractivity contribution in [2.45, 2.75) is 37.2 Å². The van der Waals surface area contributed by atoms with E-state index in [1.807, 2.05) is 0 Å². The summed E-state index contributed by atoms with van der Waals surface area (Å²) in [5, 5.41) is 0.202. The van der Waals surface area contributed by atoms with E-state index >= 15 is 0 Å². The van der Waals surface area contributed by atoms with Crippen LogP contribution in [-0.2, 0) is 16.6 Å². The highest BCUT2D eigenvalue weighted by atomic mass is 35.5. The summed E-state index contributed by atoms with van der Waals surface area (Å²) in [6.45, 7) is 1.30. The van der Waals surface area contributed by atoms with Crippen LogP contribution >= 0.6 is 11.6 Å². The van der Waals surface area contributed by atoms with Crippen molar-refractivity contribution in [1.82, 2.24) is 4.31 Å². The van der Waals surface area contributed by atoms with Gasteiger partial charge in [-0.2, -0.15) is 4.31 Å². The van der Waals surface area contributed by atoms with Crippen molar-refractivity contribution in [3.05, 3.63) is 64.4 Å². The fourth-order valence-electron chi connectivity index (χ4n) is 2.61. The van der Waals surface area contributed by atoms with Gasteiger partial charge in [0.1, 0.15) is 5.82 Å². The zero-order valence-corrected chi connectivity index (χ0v) is 15.1. The number of sulfonamides is 1. The lowest BCUT2D eigenvalue weighted by Crippen LogP contribution is -2.33. The maximum Gasteiger partial charge on any atom is 0.243 e. The van der Waals surface area contributed by atoms with E-state index in [0.717, 1.165) is 12.8 Å². The van der Waals surface area contributed by atoms with E-state index in [9.17, 15) is 17.6 Å². The van der Waals surface area contributed by atoms with E-state index in [2.05, 4.69) is 0 Å². The normalized spacial score (nSPS) is 14.7. The molecule has 2 aromatic carbocycles. The van der Waals surface area contributed by atoms with Crippen LogP contribution in [0.4, 0.5) is 4.39 Å². The third kappa shape index (κ3) is 3.76. The molecule has 0 heterocycles. The monoisotopic (exact) mass is 381 g/mol. The molecular formula is C18H17ClFNO3S. The van der Waals surface area contributed by atoms with Crippen molar-refractivity contribution >= 4 is 27.4 Å². The van der Waals surface area contributed by atoms with E-state index < -0.39 is 15.8 Å². The smallest absolute Gasteiger partial charge is 0.243 e. The van der Waals surface area contributed by atoms with Crippen LogP contribution in [0, 0.1) is 5.82 Å². The minimum atomic E-state index is -3.82. The number of carbonyl (C=O) groups is 1. The molecule has 0 unspecified atom stereocenters. The van der Waals surface area contributed by atoms with Gasteiger partial charge in [0.2, 0.25) is 10.0 Å². The molecule has 2 aromatic rings. The number of nitrogens with zero attached hydrogens (tertiary/aromatic N) is 1. The van der Waals surface area contributed by atoms with Gasteiger partial charge in [-0.05, 0) is 44.0 Å². The minimum Gasteiger partial charge on any atom is -0.295 e. The molecule has 1 aliphatic carbocycles. The molecule has 0 aromatic heterocycles. The van der Waals surface area contributed by atoms with E-state index in [4.69, 9.17) is 11.6 Å². The Bertz CT molecular complexity index is 888. The van der Waals surface area contributed by atoms with Gasteiger partial charge in [0, 0.05) is 28.7 Å². The Morgan fingerprint density at radius 3 is 2.36 bits per heavy atom. The highest BCUT2D eigenvalue weighted by molar-refractivity contribution is 7.89. The van der Waals surface area contributed by atoms with Crippen molar-refractivity contribution in [1.29, 1.82) is 0 Å². The van der Waals surface area contributed by atoms with Gasteiger partial charge in [-0.15, -0.1) is 0 Å². The summed E-state index contributed by atoms with van der Waals surface area (Å²) in [5.74, 6) is -0.665. The van der Waals surface area contributed by atoms with Gasteiger partial charge in [0.05, 0.1) is 4.90 Å². The molecule has 0 N–H and O–H groups in total. The van der Waals surface area contributed by atoms with Crippen molar-refractivity contribution in [2.75, 3.05) is 0 Å². The molecule has 4 nitrogen and oxygen atoms in total. The standard InChI is InChI=1S/C18H17ClFNO3S/c1-12(22)13-5-9-15(10-6-13)25(23,24)21(14-7-8-14)11-16-17(19)3-2-4-18(16)20/h2-6,9-10,14H,7-8,11H2,1H3. The Morgan fingerprint density at radius 1 is 1.20 bits per heavy atom. The van der Waals surface area contributed by atoms with Crippen LogP contribution in [0.15, 0.2) is 47.4 Å². The van der Waals surface area contributed by atoms with Crippen LogP contribution < -0.4 is 0 Å². The van der Waals surface area contributed by atoms with Gasteiger partial charge in [-0.25, -0.2) is 12.8 Å². The summed E-state index contributed by atoms with van der Waals surface area (Å²) < 4.78 is 41.4. The number of Topliss-reactive ketones (excluding diaryl/α,β-unsaturated/α-hetero) is 1. The highest BCUT2D eigenvalue weighted by Gasteiger charge is 2.38. The Kier molecular flexibility index (Phi) is 4.95. The van der Waals surface area contributed by atoms with Gasteiger partial charge in [0.25, 0.3) is 0 Å². The van der Waals surface area contributed by atoms with Crippen molar-refractivity contribution in [3.63, 3.8) is 0 Å². The van der Waals surface area contributed by atoms with Crippen molar-refractivity contribution in [2.24, 2.45) is 0 Å². The van der Waals surface area contributed by atoms with Crippen LogP contribution in [0.2, 0.25) is 5.02 Å². The average molecular weight is 382 g/mol. The second-order valence-corrected chi connectivity index (χ2v) is 8.36. The average Bonchev–Trinajstić information content (AvgIpc) is 3.39. The number of hydrogen-bond donors (Lipinski definition) is 0. The summed E-state index contributed by atoms with van der Waals surface area (Å²) in [6, 6.07) is 9.91. The lowest BCUT2D eigenvalue weighted by atomic mass is 10.2. The largest absolute Gasteiger partial charge is 0.295 e. The van der Waals surface area contributed by atoms with Gasteiger partial charge < -0.3 is 0 Å². The van der Waals surface area contributed by atoms with Crippen molar-refractivity contribution in [3.8, 4) is 0 Å². The first-order chi connectivity index (χ1) is 11.8. The molecule has 132 valence electrons. The Balaban J connectivity index is 1.95. The molecule has 0 bridgehead atoms. The Morgan fingerprint density at radius 2 is 1.84 bits per heavy atom. The number of rotatable bonds is 6. The predicted octanol–water partition coefficient (Wildman–Crippen LogP) is 4.04. The fraction of sp³-hybridized carbons (Fsp3) is 0.278. The zero-order valence-electron chi connectivity index (χ0n) is 13.6. The topological polar surface area (TPSA) is 54.5 Å². The van der Waals surface area contributed by atoms with Crippen LogP contribution in [0.5, 0.6) is 0 Å². The lowest BCUT2D eigenvalue weighted by Gasteiger charge is -2.23. The van der Waals surface area contributed by atoms with Crippen LogP contribution in [0.3, 0.4) is 0 Å². The molecule has 0 radical (unpaired) electrons. The second kappa shape index (κ2) is 6.86. The first-order valence-corrected chi connectivity index (χ1v) is 9.68. The quantitative estimate of drug-likeness (QED) is 0.710. The molecule has 7 heteroatoms. The summed E-state index contributed by atoms with van der Waals surface area (Å²) in [6.07, 6.45) is 1.47. The minimum absolute atomic E-state index is 0.0804. The van der Waals surface area contributed by atoms with Gasteiger partial charge in [-0.3, -0.25) is 4.79 Å². The highest BCUT2D eigenvalue weighted by Crippen LogP contribution is 2.35. The Labute approximate surface area is 151 Å². The zero-order chi connectivity index (χ0) is 18.2. The number of halogens is 2. The SMILES string of the molecule is CC(=O)c1ccc(S(=O)(=O)N(Cc2c(F)cccc2Cl)C2CC2)cc1. The fourth-order valence-corrected chi connectivity index (χ4v) is 4.49. The van der Waals surface area contributed by atoms with Crippen LogP contribution in [-0.4, -0.2) is 24.5 Å². The van der Waals surface area contributed by atoms with Gasteiger partial charge in [0.15, 0.2) is 5.78 Å². The maximum absolute atomic E-state index is 14.1. The first-order valence-electron chi connectivity index (χ1n) is 7.86. The summed E-state index contributed by atoms with van der Waals surface area (Å²) in [5.41, 5.74) is 0.606. The summed E-state index contributed by atoms with van der Waals surface area (Å²) in [4.78, 5) is 11.4. The number of hydrogen-bond acceptors (Lipinski definition) is 3. The first kappa shape index (κ1) is 18.0. The summed E-state index contributed by atoms with van der Waals surface area (Å²) in [7, 11) is -3.82. The third-order valence-electron chi connectivity index (χ3n) is 4.20. The second-order valence-electron chi connectivity index (χ2n) is 6.06. The summed E-state index contributed by atoms with van der Waals surface area (Å²) >= 11 is 6.05. The molecule has 0 atom stereocenters. The molecule has 0 amide bonds. The van der Waals surface area contributed by atoms with Crippen molar-refractivity contribution < 1.29 is 17.6 Å². The number of carbonyl (C=O) groups excluding carboxylic acids is 1. The molecule has 3 rings (SSSR count). The molecule has 0 aliphatic heterocycles. The van der Waals surface area contributed by atoms with Gasteiger partial charge >= 0.3 is 0 Å². The van der Waals surface area contributed by atoms with E-state index in [1.54, 1.807) is 6.07 Å². The lowest BCUT2D eigenvalue weighted by molar-refractivity contribution is 0.101. The third-order valence-corrected chi connectivity index (χ3v) is 6.46. The maximum atomic E-state index is 14.1. The van der Waals surface area contributed by atoms with E-state index in [-0.39, 0.29) is 33.9 Å².